The summed E-state index contributed by atoms with van der Waals surface area (Å²) in [6.07, 6.45) is 4.99. The van der Waals surface area contributed by atoms with Gasteiger partial charge in [-0.2, -0.15) is 0 Å². The zero-order valence-corrected chi connectivity index (χ0v) is 12.0. The molecular formula is C16H22N4. The van der Waals surface area contributed by atoms with Crippen LogP contribution < -0.4 is 10.6 Å². The van der Waals surface area contributed by atoms with Crippen LogP contribution in [0.3, 0.4) is 0 Å². The van der Waals surface area contributed by atoms with E-state index in [1.54, 1.807) is 0 Å². The van der Waals surface area contributed by atoms with Gasteiger partial charge in [-0.05, 0) is 31.5 Å². The Hall–Kier alpha value is -1.81. The summed E-state index contributed by atoms with van der Waals surface area (Å²) in [5, 5.41) is 0. The first-order valence-electron chi connectivity index (χ1n) is 7.37. The van der Waals surface area contributed by atoms with E-state index >= 15 is 0 Å². The van der Waals surface area contributed by atoms with Crippen molar-refractivity contribution in [2.75, 3.05) is 18.0 Å². The normalized spacial score (nSPS) is 17.5. The second-order valence-electron chi connectivity index (χ2n) is 5.34. The fourth-order valence-corrected chi connectivity index (χ4v) is 3.13. The van der Waals surface area contributed by atoms with Crippen molar-refractivity contribution < 1.29 is 0 Å². The molecule has 2 aromatic rings. The highest BCUT2D eigenvalue weighted by molar-refractivity contribution is 5.60. The molecule has 2 N–H and O–H groups in total. The van der Waals surface area contributed by atoms with Gasteiger partial charge in [-0.25, -0.2) is 4.98 Å². The molecule has 106 valence electrons. The summed E-state index contributed by atoms with van der Waals surface area (Å²) in [6, 6.07) is 8.69. The number of hydrogen-bond acceptors (Lipinski definition) is 3. The monoisotopic (exact) mass is 270 g/mol. The molecule has 1 aliphatic heterocycles. The van der Waals surface area contributed by atoms with Crippen LogP contribution in [-0.2, 0) is 13.1 Å². The maximum absolute atomic E-state index is 5.76. The molecule has 2 heterocycles. The number of nitrogens with zero attached hydrogens (tertiary/aromatic N) is 3. The Morgan fingerprint density at radius 1 is 1.35 bits per heavy atom. The van der Waals surface area contributed by atoms with Crippen LogP contribution in [0.5, 0.6) is 0 Å². The molecule has 3 rings (SSSR count). The predicted octanol–water partition coefficient (Wildman–Crippen LogP) is 2.36. The van der Waals surface area contributed by atoms with E-state index in [0.717, 1.165) is 38.4 Å². The third kappa shape index (κ3) is 2.31. The van der Waals surface area contributed by atoms with E-state index in [4.69, 9.17) is 5.73 Å². The SMILES string of the molecule is CCn1ccnc1CN1CC(CCN)c2ccccc21. The van der Waals surface area contributed by atoms with E-state index in [-0.39, 0.29) is 0 Å². The van der Waals surface area contributed by atoms with E-state index in [1.807, 2.05) is 6.20 Å². The summed E-state index contributed by atoms with van der Waals surface area (Å²) in [4.78, 5) is 6.93. The highest BCUT2D eigenvalue weighted by atomic mass is 15.2. The largest absolute Gasteiger partial charge is 0.363 e. The topological polar surface area (TPSA) is 47.1 Å². The number of imidazole rings is 1. The molecule has 20 heavy (non-hydrogen) atoms. The molecule has 4 heteroatoms. The summed E-state index contributed by atoms with van der Waals surface area (Å²) in [6.45, 7) is 5.79. The van der Waals surface area contributed by atoms with Gasteiger partial charge in [0.15, 0.2) is 0 Å². The maximum Gasteiger partial charge on any atom is 0.128 e. The third-order valence-corrected chi connectivity index (χ3v) is 4.15. The highest BCUT2D eigenvalue weighted by Gasteiger charge is 2.28. The maximum atomic E-state index is 5.76. The van der Waals surface area contributed by atoms with E-state index in [2.05, 4.69) is 51.8 Å². The van der Waals surface area contributed by atoms with Crippen molar-refractivity contribution in [3.05, 3.63) is 48.0 Å². The molecule has 1 aromatic heterocycles. The fraction of sp³-hybridized carbons (Fsp3) is 0.438. The van der Waals surface area contributed by atoms with Crippen LogP contribution in [0.2, 0.25) is 0 Å². The van der Waals surface area contributed by atoms with Crippen LogP contribution >= 0.6 is 0 Å². The molecule has 0 saturated carbocycles. The molecule has 1 aliphatic rings. The van der Waals surface area contributed by atoms with Crippen molar-refractivity contribution >= 4 is 5.69 Å². The predicted molar refractivity (Wildman–Crippen MR) is 81.8 cm³/mol. The fourth-order valence-electron chi connectivity index (χ4n) is 3.13. The minimum Gasteiger partial charge on any atom is -0.363 e. The average Bonchev–Trinajstić information content (AvgIpc) is 3.06. The van der Waals surface area contributed by atoms with Gasteiger partial charge < -0.3 is 15.2 Å². The first-order valence-corrected chi connectivity index (χ1v) is 7.37. The molecule has 4 nitrogen and oxygen atoms in total. The lowest BCUT2D eigenvalue weighted by Gasteiger charge is -2.20. The number of para-hydroxylation sites is 1. The van der Waals surface area contributed by atoms with Crippen molar-refractivity contribution in [3.8, 4) is 0 Å². The lowest BCUT2D eigenvalue weighted by atomic mass is 9.98. The van der Waals surface area contributed by atoms with Gasteiger partial charge in [0.05, 0.1) is 6.54 Å². The quantitative estimate of drug-likeness (QED) is 0.907. The highest BCUT2D eigenvalue weighted by Crippen LogP contribution is 2.38. The van der Waals surface area contributed by atoms with Crippen LogP contribution in [0.4, 0.5) is 5.69 Å². The molecule has 0 fully saturated rings. The first-order chi connectivity index (χ1) is 9.83. The van der Waals surface area contributed by atoms with Crippen LogP contribution in [0, 0.1) is 0 Å². The second-order valence-corrected chi connectivity index (χ2v) is 5.34. The second kappa shape index (κ2) is 5.67. The summed E-state index contributed by atoms with van der Waals surface area (Å²) in [7, 11) is 0. The zero-order valence-electron chi connectivity index (χ0n) is 12.0. The van der Waals surface area contributed by atoms with Crippen molar-refractivity contribution in [1.82, 2.24) is 9.55 Å². The molecule has 1 aromatic carbocycles. The molecule has 1 atom stereocenters. The van der Waals surface area contributed by atoms with Gasteiger partial charge in [-0.1, -0.05) is 18.2 Å². The molecule has 0 radical (unpaired) electrons. The van der Waals surface area contributed by atoms with Crippen LogP contribution in [0.15, 0.2) is 36.7 Å². The van der Waals surface area contributed by atoms with Gasteiger partial charge in [-0.3, -0.25) is 0 Å². The van der Waals surface area contributed by atoms with Gasteiger partial charge in [0.25, 0.3) is 0 Å². The minimum atomic E-state index is 0.557. The van der Waals surface area contributed by atoms with Gasteiger partial charge in [-0.15, -0.1) is 0 Å². The smallest absolute Gasteiger partial charge is 0.128 e. The number of aromatic nitrogens is 2. The lowest BCUT2D eigenvalue weighted by molar-refractivity contribution is 0.621. The standard InChI is InChI=1S/C16H22N4/c1-2-19-10-9-18-16(19)12-20-11-13(7-8-17)14-5-3-4-6-15(14)20/h3-6,9-10,13H,2,7-8,11-12,17H2,1H3. The van der Waals surface area contributed by atoms with Crippen molar-refractivity contribution in [2.24, 2.45) is 5.73 Å². The Bertz CT molecular complexity index is 575. The van der Waals surface area contributed by atoms with Gasteiger partial charge in [0.1, 0.15) is 5.82 Å². The number of anilines is 1. The van der Waals surface area contributed by atoms with Crippen molar-refractivity contribution in [1.29, 1.82) is 0 Å². The number of nitrogens with two attached hydrogens (primary N) is 1. The molecule has 0 spiro atoms. The van der Waals surface area contributed by atoms with Gasteiger partial charge in [0, 0.05) is 37.1 Å². The van der Waals surface area contributed by atoms with E-state index in [9.17, 15) is 0 Å². The Morgan fingerprint density at radius 2 is 2.20 bits per heavy atom. The lowest BCUT2D eigenvalue weighted by Crippen LogP contribution is -2.24. The van der Waals surface area contributed by atoms with Gasteiger partial charge in [0.2, 0.25) is 0 Å². The van der Waals surface area contributed by atoms with Crippen LogP contribution in [-0.4, -0.2) is 22.6 Å². The van der Waals surface area contributed by atoms with Crippen molar-refractivity contribution in [3.63, 3.8) is 0 Å². The number of benzene rings is 1. The summed E-state index contributed by atoms with van der Waals surface area (Å²) >= 11 is 0. The number of hydrogen-bond donors (Lipinski definition) is 1. The third-order valence-electron chi connectivity index (χ3n) is 4.15. The molecule has 0 bridgehead atoms. The Balaban J connectivity index is 1.85. The Kier molecular flexibility index (Phi) is 3.74. The van der Waals surface area contributed by atoms with E-state index in [0.29, 0.717) is 5.92 Å². The Labute approximate surface area is 120 Å². The van der Waals surface area contributed by atoms with Crippen molar-refractivity contribution in [2.45, 2.75) is 32.4 Å². The van der Waals surface area contributed by atoms with Crippen LogP contribution in [0.1, 0.15) is 30.7 Å². The summed E-state index contributed by atoms with van der Waals surface area (Å²) < 4.78 is 2.21. The summed E-state index contributed by atoms with van der Waals surface area (Å²) in [5.74, 6) is 1.69. The van der Waals surface area contributed by atoms with E-state index in [1.165, 1.54) is 11.3 Å². The average molecular weight is 270 g/mol. The molecular weight excluding hydrogens is 248 g/mol. The first kappa shape index (κ1) is 13.2. The minimum absolute atomic E-state index is 0.557. The number of fused-ring (bicyclic) bond motifs is 1. The zero-order chi connectivity index (χ0) is 13.9. The molecule has 0 saturated heterocycles. The Morgan fingerprint density at radius 3 is 3.00 bits per heavy atom. The van der Waals surface area contributed by atoms with Gasteiger partial charge >= 0.3 is 0 Å². The molecule has 0 aliphatic carbocycles. The summed E-state index contributed by atoms with van der Waals surface area (Å²) in [5.41, 5.74) is 8.54. The number of rotatable bonds is 5. The molecule has 0 amide bonds. The van der Waals surface area contributed by atoms with Crippen LogP contribution in [0.25, 0.3) is 0 Å². The van der Waals surface area contributed by atoms with E-state index < -0.39 is 0 Å². The number of aryl methyl sites for hydroxylation is 1. The molecule has 1 unspecified atom stereocenters.